The zero-order valence-electron chi connectivity index (χ0n) is 22.9. The van der Waals surface area contributed by atoms with E-state index in [0.717, 1.165) is 39.3 Å². The molecule has 40 heavy (non-hydrogen) atoms. The van der Waals surface area contributed by atoms with Crippen LogP contribution in [0.5, 0.6) is 0 Å². The molecule has 208 valence electrons. The smallest absolute Gasteiger partial charge is 0.271 e. The molecule has 0 saturated carbocycles. The van der Waals surface area contributed by atoms with Gasteiger partial charge in [0.15, 0.2) is 0 Å². The predicted octanol–water partition coefficient (Wildman–Crippen LogP) is 6.75. The minimum Gasteiger partial charge on any atom is -0.316 e. The number of aromatic nitrogens is 1. The first-order valence-corrected chi connectivity index (χ1v) is 15.1. The number of hydrazone groups is 1. The van der Waals surface area contributed by atoms with Crippen LogP contribution in [0.3, 0.4) is 0 Å². The Morgan fingerprint density at radius 2 is 1.65 bits per heavy atom. The molecule has 0 spiro atoms. The molecule has 0 fully saturated rings. The van der Waals surface area contributed by atoms with Gasteiger partial charge < -0.3 is 4.57 Å². The molecular formula is C30H30Cl2N4O3S. The molecule has 1 amide bonds. The van der Waals surface area contributed by atoms with Crippen molar-refractivity contribution >= 4 is 51.0 Å². The Bertz CT molecular complexity index is 1710. The largest absolute Gasteiger partial charge is 0.316 e. The Balaban J connectivity index is 1.46. The van der Waals surface area contributed by atoms with E-state index in [0.29, 0.717) is 21.3 Å². The molecule has 1 N–H and O–H groups in total. The maximum absolute atomic E-state index is 12.7. The van der Waals surface area contributed by atoms with Crippen molar-refractivity contribution in [2.75, 3.05) is 10.6 Å². The molecule has 0 aliphatic rings. The van der Waals surface area contributed by atoms with Crippen LogP contribution >= 0.6 is 23.2 Å². The molecule has 4 rings (SSSR count). The average molecular weight is 598 g/mol. The Kier molecular flexibility index (Phi) is 8.73. The van der Waals surface area contributed by atoms with Crippen LogP contribution in [-0.4, -0.2) is 31.4 Å². The lowest BCUT2D eigenvalue weighted by atomic mass is 10.1. The third kappa shape index (κ3) is 6.58. The highest BCUT2D eigenvalue weighted by atomic mass is 35.5. The van der Waals surface area contributed by atoms with Crippen molar-refractivity contribution in [1.82, 2.24) is 9.99 Å². The van der Waals surface area contributed by atoms with E-state index in [9.17, 15) is 13.2 Å². The molecule has 4 aromatic rings. The molecule has 7 nitrogen and oxygen atoms in total. The van der Waals surface area contributed by atoms with Crippen LogP contribution in [0.25, 0.3) is 5.69 Å². The van der Waals surface area contributed by atoms with Crippen LogP contribution in [0.2, 0.25) is 10.0 Å². The summed E-state index contributed by atoms with van der Waals surface area (Å²) in [6, 6.07) is 19.6. The van der Waals surface area contributed by atoms with Gasteiger partial charge in [0.25, 0.3) is 5.91 Å². The highest BCUT2D eigenvalue weighted by Gasteiger charge is 2.19. The minimum absolute atomic E-state index is 0.146. The predicted molar refractivity (Wildman–Crippen MR) is 164 cm³/mol. The topological polar surface area (TPSA) is 83.8 Å². The molecule has 0 unspecified atom stereocenters. The third-order valence-electron chi connectivity index (χ3n) is 6.71. The highest BCUT2D eigenvalue weighted by molar-refractivity contribution is 7.92. The number of carbonyl (C=O) groups excluding carboxylic acids is 1. The molecule has 0 aliphatic heterocycles. The Morgan fingerprint density at radius 1 is 0.950 bits per heavy atom. The first-order chi connectivity index (χ1) is 18.8. The Hall–Kier alpha value is -3.59. The number of rotatable bonds is 8. The summed E-state index contributed by atoms with van der Waals surface area (Å²) >= 11 is 12.6. The second-order valence-electron chi connectivity index (χ2n) is 9.69. The zero-order valence-corrected chi connectivity index (χ0v) is 25.2. The van der Waals surface area contributed by atoms with Gasteiger partial charge >= 0.3 is 0 Å². The molecule has 0 saturated heterocycles. The normalized spacial score (nSPS) is 11.7. The number of hydrogen-bond acceptors (Lipinski definition) is 4. The van der Waals surface area contributed by atoms with Crippen molar-refractivity contribution in [2.45, 2.75) is 34.2 Å². The van der Waals surface area contributed by atoms with Crippen LogP contribution in [0, 0.1) is 27.7 Å². The van der Waals surface area contributed by atoms with Gasteiger partial charge in [-0.1, -0.05) is 41.4 Å². The van der Waals surface area contributed by atoms with Crippen molar-refractivity contribution in [3.63, 3.8) is 0 Å². The number of aryl methyl sites for hydroxylation is 3. The van der Waals surface area contributed by atoms with E-state index in [4.69, 9.17) is 23.2 Å². The lowest BCUT2D eigenvalue weighted by Gasteiger charge is -2.23. The van der Waals surface area contributed by atoms with E-state index in [2.05, 4.69) is 10.5 Å². The van der Waals surface area contributed by atoms with Crippen molar-refractivity contribution < 1.29 is 13.2 Å². The molecule has 0 aliphatic carbocycles. The summed E-state index contributed by atoms with van der Waals surface area (Å²) in [5.74, 6) is -0.386. The van der Waals surface area contributed by atoms with Crippen LogP contribution < -0.4 is 9.73 Å². The van der Waals surface area contributed by atoms with E-state index in [1.165, 1.54) is 10.6 Å². The summed E-state index contributed by atoms with van der Waals surface area (Å²) in [5.41, 5.74) is 9.80. The zero-order chi connectivity index (χ0) is 29.2. The fourth-order valence-electron chi connectivity index (χ4n) is 4.38. The molecule has 0 radical (unpaired) electrons. The molecule has 0 bridgehead atoms. The maximum Gasteiger partial charge on any atom is 0.271 e. The van der Waals surface area contributed by atoms with Gasteiger partial charge in [-0.05, 0) is 92.9 Å². The van der Waals surface area contributed by atoms with E-state index in [-0.39, 0.29) is 12.5 Å². The number of amides is 1. The van der Waals surface area contributed by atoms with Gasteiger partial charge in [0, 0.05) is 27.5 Å². The summed E-state index contributed by atoms with van der Waals surface area (Å²) in [5, 5.41) is 5.29. The standard InChI is InChI=1S/C30H30Cl2N4O3S/c1-19-6-12-27(14-20(19)2)35(40(5,38)39)18-23-7-9-24(10-8-23)30(37)34-33-17-25-15-21(3)36(22(25)4)29-16-26(31)11-13-28(29)32/h6-17H,18H2,1-5H3,(H,34,37)/b33-17-. The van der Waals surface area contributed by atoms with E-state index < -0.39 is 10.0 Å². The van der Waals surface area contributed by atoms with E-state index in [1.807, 2.05) is 50.5 Å². The molecule has 1 aromatic heterocycles. The van der Waals surface area contributed by atoms with Gasteiger partial charge in [-0.3, -0.25) is 9.10 Å². The number of benzene rings is 3. The van der Waals surface area contributed by atoms with Crippen molar-refractivity contribution in [3.05, 3.63) is 116 Å². The second kappa shape index (κ2) is 11.9. The number of nitrogens with zero attached hydrogens (tertiary/aromatic N) is 3. The van der Waals surface area contributed by atoms with Gasteiger partial charge in [-0.15, -0.1) is 0 Å². The molecule has 3 aromatic carbocycles. The highest BCUT2D eigenvalue weighted by Crippen LogP contribution is 2.29. The maximum atomic E-state index is 12.7. The quantitative estimate of drug-likeness (QED) is 0.180. The van der Waals surface area contributed by atoms with Gasteiger partial charge in [0.1, 0.15) is 0 Å². The number of anilines is 1. The number of sulfonamides is 1. The van der Waals surface area contributed by atoms with Gasteiger partial charge in [-0.2, -0.15) is 5.10 Å². The lowest BCUT2D eigenvalue weighted by Crippen LogP contribution is -2.29. The summed E-state index contributed by atoms with van der Waals surface area (Å²) < 4.78 is 28.4. The van der Waals surface area contributed by atoms with Crippen molar-refractivity contribution in [3.8, 4) is 5.69 Å². The van der Waals surface area contributed by atoms with Gasteiger partial charge in [-0.25, -0.2) is 13.8 Å². The third-order valence-corrected chi connectivity index (χ3v) is 8.41. The number of halogens is 2. The fourth-order valence-corrected chi connectivity index (χ4v) is 5.63. The Labute approximate surface area is 245 Å². The minimum atomic E-state index is -3.52. The molecule has 10 heteroatoms. The number of hydrogen-bond donors (Lipinski definition) is 1. The first-order valence-electron chi connectivity index (χ1n) is 12.5. The summed E-state index contributed by atoms with van der Waals surface area (Å²) in [6.07, 6.45) is 2.76. The number of nitrogens with one attached hydrogen (secondary N) is 1. The number of carbonyl (C=O) groups is 1. The van der Waals surface area contributed by atoms with Crippen molar-refractivity contribution in [2.24, 2.45) is 5.10 Å². The lowest BCUT2D eigenvalue weighted by molar-refractivity contribution is 0.0955. The summed E-state index contributed by atoms with van der Waals surface area (Å²) in [4.78, 5) is 12.7. The second-order valence-corrected chi connectivity index (χ2v) is 12.4. The molecule has 1 heterocycles. The van der Waals surface area contributed by atoms with Crippen LogP contribution in [0.15, 0.2) is 71.8 Å². The SMILES string of the molecule is Cc1ccc(N(Cc2ccc(C(=O)N/N=C\c3cc(C)n(-c4cc(Cl)ccc4Cl)c3C)cc2)S(C)(=O)=O)cc1C. The molecular weight excluding hydrogens is 567 g/mol. The van der Waals surface area contributed by atoms with Crippen LogP contribution in [-0.2, 0) is 16.6 Å². The van der Waals surface area contributed by atoms with Gasteiger partial charge in [0.2, 0.25) is 10.0 Å². The molecule has 0 atom stereocenters. The fraction of sp³-hybridized carbons (Fsp3) is 0.200. The van der Waals surface area contributed by atoms with Crippen molar-refractivity contribution in [1.29, 1.82) is 0 Å². The van der Waals surface area contributed by atoms with E-state index in [1.54, 1.807) is 54.7 Å². The van der Waals surface area contributed by atoms with Crippen LogP contribution in [0.4, 0.5) is 5.69 Å². The van der Waals surface area contributed by atoms with Gasteiger partial charge in [0.05, 0.1) is 35.4 Å². The first kappa shape index (κ1) is 29.4. The Morgan fingerprint density at radius 3 is 2.30 bits per heavy atom. The average Bonchev–Trinajstić information content (AvgIpc) is 3.17. The van der Waals surface area contributed by atoms with Crippen LogP contribution in [0.1, 0.15) is 44.0 Å². The monoisotopic (exact) mass is 596 g/mol. The summed E-state index contributed by atoms with van der Waals surface area (Å²) in [6.45, 7) is 7.96. The summed E-state index contributed by atoms with van der Waals surface area (Å²) in [7, 11) is -3.52. The van der Waals surface area contributed by atoms with E-state index >= 15 is 0 Å².